The van der Waals surface area contributed by atoms with Gasteiger partial charge >= 0.3 is 5.97 Å². The van der Waals surface area contributed by atoms with Gasteiger partial charge in [0.15, 0.2) is 0 Å². The molecule has 1 unspecified atom stereocenters. The van der Waals surface area contributed by atoms with Gasteiger partial charge < -0.3 is 24.4 Å². The number of amides is 2. The second-order valence-corrected chi connectivity index (χ2v) is 12.2. The molecule has 3 fully saturated rings. The van der Waals surface area contributed by atoms with E-state index in [4.69, 9.17) is 9.47 Å². The van der Waals surface area contributed by atoms with Gasteiger partial charge in [0.1, 0.15) is 11.6 Å². The van der Waals surface area contributed by atoms with Gasteiger partial charge in [0, 0.05) is 16.9 Å². The van der Waals surface area contributed by atoms with Crippen molar-refractivity contribution >= 4 is 33.7 Å². The van der Waals surface area contributed by atoms with Gasteiger partial charge in [-0.25, -0.2) is 0 Å². The number of aliphatic hydroxyl groups excluding tert-OH is 1. The minimum Gasteiger partial charge on any atom is -0.466 e. The van der Waals surface area contributed by atoms with Crippen LogP contribution in [-0.2, 0) is 23.9 Å². The maximum Gasteiger partial charge on any atom is 0.312 e. The van der Waals surface area contributed by atoms with Crippen molar-refractivity contribution in [3.05, 3.63) is 12.7 Å². The lowest BCUT2D eigenvalue weighted by Crippen LogP contribution is -2.62. The summed E-state index contributed by atoms with van der Waals surface area (Å²) >= 11 is 3.65. The SMILES string of the molecule is C=CCN(C(=O)[C@@H]1N([C@@H](CO)CC(C)C)C(=O)[C@H]2[C@H](C(=O)OCC)[C@H]3O[C@@]12CC3Br)C(C)(C)C. The quantitative estimate of drug-likeness (QED) is 0.273. The van der Waals surface area contributed by atoms with Gasteiger partial charge in [0.05, 0.1) is 37.2 Å². The first kappa shape index (κ1) is 27.1. The van der Waals surface area contributed by atoms with Crippen LogP contribution in [0.15, 0.2) is 12.7 Å². The van der Waals surface area contributed by atoms with Gasteiger partial charge in [-0.2, -0.15) is 0 Å². The van der Waals surface area contributed by atoms with Crippen molar-refractivity contribution in [3.63, 3.8) is 0 Å². The van der Waals surface area contributed by atoms with Crippen LogP contribution in [0.2, 0.25) is 0 Å². The van der Waals surface area contributed by atoms with E-state index < -0.39 is 47.1 Å². The van der Waals surface area contributed by atoms with Crippen molar-refractivity contribution < 1.29 is 29.0 Å². The van der Waals surface area contributed by atoms with Crippen LogP contribution in [0, 0.1) is 17.8 Å². The predicted octanol–water partition coefficient (Wildman–Crippen LogP) is 2.52. The highest BCUT2D eigenvalue weighted by Crippen LogP contribution is 2.61. The number of likely N-dealkylation sites (tertiary alicyclic amines) is 1. The minimum atomic E-state index is -1.17. The second-order valence-electron chi connectivity index (χ2n) is 11.0. The fraction of sp³-hybridized carbons (Fsp3) is 0.800. The van der Waals surface area contributed by atoms with Crippen LogP contribution in [0.4, 0.5) is 0 Å². The molecule has 0 radical (unpaired) electrons. The molecule has 2 amide bonds. The van der Waals surface area contributed by atoms with Gasteiger partial charge in [-0.1, -0.05) is 35.9 Å². The molecule has 9 heteroatoms. The Kier molecular flexibility index (Phi) is 7.90. The molecule has 1 N–H and O–H groups in total. The van der Waals surface area contributed by atoms with Crippen molar-refractivity contribution in [2.45, 2.75) is 88.5 Å². The van der Waals surface area contributed by atoms with Crippen LogP contribution in [-0.4, -0.2) is 86.6 Å². The zero-order chi connectivity index (χ0) is 25.6. The highest BCUT2D eigenvalue weighted by Gasteiger charge is 2.77. The Morgan fingerprint density at radius 2 is 2.06 bits per heavy atom. The third kappa shape index (κ3) is 4.32. The van der Waals surface area contributed by atoms with Crippen molar-refractivity contribution in [2.75, 3.05) is 19.8 Å². The molecule has 0 aromatic rings. The van der Waals surface area contributed by atoms with Gasteiger partial charge in [0.2, 0.25) is 11.8 Å². The zero-order valence-electron chi connectivity index (χ0n) is 21.1. The molecule has 3 heterocycles. The van der Waals surface area contributed by atoms with Gasteiger partial charge in [-0.3, -0.25) is 14.4 Å². The highest BCUT2D eigenvalue weighted by atomic mass is 79.9. The Morgan fingerprint density at radius 3 is 2.56 bits per heavy atom. The molecule has 1 spiro atoms. The standard InChI is InChI=1S/C25H39BrN2O6/c1-8-10-27(24(5,6)7)22(31)20-25-12-16(26)19(34-25)17(23(32)33-9-2)18(25)21(30)28(20)15(13-29)11-14(3)4/h8,14-20,29H,1,9-13H2,2-7H3/t15-,16?,17+,18-,19+,20+,25-/m1/s1. The van der Waals surface area contributed by atoms with E-state index >= 15 is 0 Å². The molecule has 192 valence electrons. The molecular formula is C25H39BrN2O6. The molecular weight excluding hydrogens is 504 g/mol. The number of rotatable bonds is 9. The number of carbonyl (C=O) groups is 3. The predicted molar refractivity (Wildman–Crippen MR) is 131 cm³/mol. The lowest BCUT2D eigenvalue weighted by molar-refractivity contribution is -0.157. The van der Waals surface area contributed by atoms with Crippen molar-refractivity contribution in [2.24, 2.45) is 17.8 Å². The lowest BCUT2D eigenvalue weighted by atomic mass is 9.70. The molecule has 34 heavy (non-hydrogen) atoms. The summed E-state index contributed by atoms with van der Waals surface area (Å²) in [5.41, 5.74) is -1.70. The van der Waals surface area contributed by atoms with E-state index in [9.17, 15) is 19.5 Å². The first-order chi connectivity index (χ1) is 15.8. The summed E-state index contributed by atoms with van der Waals surface area (Å²) in [6.07, 6.45) is 2.06. The largest absolute Gasteiger partial charge is 0.466 e. The smallest absolute Gasteiger partial charge is 0.312 e. The maximum absolute atomic E-state index is 14.3. The fourth-order valence-corrected chi connectivity index (χ4v) is 6.98. The molecule has 7 atom stereocenters. The first-order valence-electron chi connectivity index (χ1n) is 12.2. The monoisotopic (exact) mass is 542 g/mol. The van der Waals surface area contributed by atoms with E-state index in [-0.39, 0.29) is 35.8 Å². The summed E-state index contributed by atoms with van der Waals surface area (Å²) in [5, 5.41) is 10.3. The molecule has 8 nitrogen and oxygen atoms in total. The first-order valence-corrected chi connectivity index (χ1v) is 13.1. The molecule has 3 saturated heterocycles. The van der Waals surface area contributed by atoms with Crippen LogP contribution < -0.4 is 0 Å². The van der Waals surface area contributed by atoms with Crippen LogP contribution in [0.5, 0.6) is 0 Å². The Morgan fingerprint density at radius 1 is 1.41 bits per heavy atom. The number of aliphatic hydroxyl groups is 1. The molecule has 3 aliphatic rings. The van der Waals surface area contributed by atoms with E-state index in [0.29, 0.717) is 19.4 Å². The fourth-order valence-electron chi connectivity index (χ4n) is 6.04. The highest BCUT2D eigenvalue weighted by molar-refractivity contribution is 9.09. The topological polar surface area (TPSA) is 96.4 Å². The van der Waals surface area contributed by atoms with Crippen LogP contribution in [0.25, 0.3) is 0 Å². The Bertz CT molecular complexity index is 827. The van der Waals surface area contributed by atoms with Crippen molar-refractivity contribution in [3.8, 4) is 0 Å². The molecule has 3 aliphatic heterocycles. The number of halogens is 1. The molecule has 0 aliphatic carbocycles. The Balaban J connectivity index is 2.16. The van der Waals surface area contributed by atoms with Crippen LogP contribution in [0.1, 0.15) is 54.4 Å². The lowest BCUT2D eigenvalue weighted by Gasteiger charge is -2.43. The number of ether oxygens (including phenoxy) is 2. The number of fused-ring (bicyclic) bond motifs is 1. The number of nitrogens with zero attached hydrogens (tertiary/aromatic N) is 2. The van der Waals surface area contributed by atoms with Crippen LogP contribution >= 0.6 is 15.9 Å². The second kappa shape index (κ2) is 9.90. The number of hydrogen-bond donors (Lipinski definition) is 1. The van der Waals surface area contributed by atoms with Gasteiger partial charge in [-0.15, -0.1) is 6.58 Å². The average Bonchev–Trinajstić information content (AvgIpc) is 3.32. The maximum atomic E-state index is 14.3. The summed E-state index contributed by atoms with van der Waals surface area (Å²) in [4.78, 5) is 44.4. The summed E-state index contributed by atoms with van der Waals surface area (Å²) in [6, 6.07) is -1.52. The molecule has 3 rings (SSSR count). The van der Waals surface area contributed by atoms with Gasteiger partial charge in [-0.05, 0) is 46.5 Å². The van der Waals surface area contributed by atoms with E-state index in [1.165, 1.54) is 4.90 Å². The molecule has 0 aromatic heterocycles. The van der Waals surface area contributed by atoms with Crippen LogP contribution in [0.3, 0.4) is 0 Å². The summed E-state index contributed by atoms with van der Waals surface area (Å²) < 4.78 is 11.8. The zero-order valence-corrected chi connectivity index (χ0v) is 22.7. The summed E-state index contributed by atoms with van der Waals surface area (Å²) in [6.45, 7) is 15.6. The molecule has 0 saturated carbocycles. The Labute approximate surface area is 211 Å². The summed E-state index contributed by atoms with van der Waals surface area (Å²) in [7, 11) is 0. The third-order valence-electron chi connectivity index (χ3n) is 7.25. The minimum absolute atomic E-state index is 0.188. The number of alkyl halides is 1. The normalized spacial score (nSPS) is 33.3. The number of hydrogen-bond acceptors (Lipinski definition) is 6. The third-order valence-corrected chi connectivity index (χ3v) is 8.10. The number of esters is 1. The van der Waals surface area contributed by atoms with E-state index in [0.717, 1.165) is 0 Å². The number of carbonyl (C=O) groups excluding carboxylic acids is 3. The molecule has 2 bridgehead atoms. The van der Waals surface area contributed by atoms with Crippen molar-refractivity contribution in [1.29, 1.82) is 0 Å². The molecule has 0 aromatic carbocycles. The van der Waals surface area contributed by atoms with E-state index in [2.05, 4.69) is 22.5 Å². The van der Waals surface area contributed by atoms with E-state index in [1.54, 1.807) is 17.9 Å². The average molecular weight is 543 g/mol. The van der Waals surface area contributed by atoms with Gasteiger partial charge in [0.25, 0.3) is 0 Å². The van der Waals surface area contributed by atoms with E-state index in [1.807, 2.05) is 34.6 Å². The van der Waals surface area contributed by atoms with Crippen molar-refractivity contribution in [1.82, 2.24) is 9.80 Å². The summed E-state index contributed by atoms with van der Waals surface area (Å²) in [5.74, 6) is -2.49. The Hall–Kier alpha value is -1.45.